The number of carbonyl (C=O) groups excluding carboxylic acids is 6. The zero-order valence-electron chi connectivity index (χ0n) is 27.2. The zero-order chi connectivity index (χ0) is 35.4. The number of benzene rings is 2. The highest BCUT2D eigenvalue weighted by atomic mass is 16.4. The molecule has 1 unspecified atom stereocenters. The lowest BCUT2D eigenvalue weighted by molar-refractivity contribution is -0.136. The number of anilines is 1. The van der Waals surface area contributed by atoms with E-state index in [1.165, 1.54) is 30.3 Å². The molecule has 0 aliphatic carbocycles. The maximum Gasteiger partial charge on any atom is 0.349 e. The summed E-state index contributed by atoms with van der Waals surface area (Å²) in [6, 6.07) is 9.51. The van der Waals surface area contributed by atoms with Gasteiger partial charge in [-0.2, -0.15) is 0 Å². The Morgan fingerprint density at radius 2 is 1.68 bits per heavy atom. The number of phenolic OH excluding ortho intramolecular Hbond substituents is 1. The molecule has 50 heavy (non-hydrogen) atoms. The number of piperidine rings is 1. The number of hydrogen-bond acceptors (Lipinski definition) is 12. The molecule has 3 aliphatic rings. The van der Waals surface area contributed by atoms with Crippen LogP contribution in [0.3, 0.4) is 0 Å². The minimum absolute atomic E-state index is 0.00264. The molecule has 16 nitrogen and oxygen atoms in total. The van der Waals surface area contributed by atoms with Crippen LogP contribution in [0.15, 0.2) is 51.7 Å². The summed E-state index contributed by atoms with van der Waals surface area (Å²) in [6.07, 6.45) is 0.680. The van der Waals surface area contributed by atoms with Gasteiger partial charge in [0, 0.05) is 69.9 Å². The number of piperazine rings is 1. The normalized spacial score (nSPS) is 18.2. The number of fused-ring (bicyclic) bond motifs is 2. The van der Waals surface area contributed by atoms with E-state index in [1.54, 1.807) is 12.1 Å². The molecule has 0 radical (unpaired) electrons. The monoisotopic (exact) mass is 687 g/mol. The largest absolute Gasteiger partial charge is 0.508 e. The molecular formula is C34H37N7O9. The van der Waals surface area contributed by atoms with Gasteiger partial charge in [-0.25, -0.2) is 4.79 Å². The van der Waals surface area contributed by atoms with Crippen molar-refractivity contribution in [3.63, 3.8) is 0 Å². The minimum atomic E-state index is -1.04. The standard InChI is InChI=1S/C34H37N7O9/c42-21-5-7-26-20(17-21)18-23(34(49)50-26)30(45)37-11-12-39-13-15-40(16-14-39)19-28(44)36-10-2-9-35-24-4-1-3-22-29(24)33(48)41(32(22)47)25-6-8-27(43)38-31(25)46/h1,3-5,7,17-18,25,35,42H,2,6,8-16,19H2,(H,36,44)(H,37,45)(H,38,43,46). The van der Waals surface area contributed by atoms with Gasteiger partial charge in [-0.1, -0.05) is 6.07 Å². The Kier molecular flexibility index (Phi) is 10.2. The Bertz CT molecular complexity index is 1920. The van der Waals surface area contributed by atoms with Gasteiger partial charge in [0.2, 0.25) is 17.7 Å². The Labute approximate surface area is 285 Å². The highest BCUT2D eigenvalue weighted by molar-refractivity contribution is 6.25. The maximum atomic E-state index is 13.2. The fourth-order valence-corrected chi connectivity index (χ4v) is 6.32. The first kappa shape index (κ1) is 34.3. The van der Waals surface area contributed by atoms with Gasteiger partial charge in [-0.15, -0.1) is 0 Å². The second kappa shape index (κ2) is 14.9. The van der Waals surface area contributed by atoms with E-state index in [-0.39, 0.29) is 53.3 Å². The molecule has 3 aromatic rings. The third kappa shape index (κ3) is 7.50. The van der Waals surface area contributed by atoms with E-state index in [9.17, 15) is 38.7 Å². The summed E-state index contributed by atoms with van der Waals surface area (Å²) in [4.78, 5) is 92.7. The van der Waals surface area contributed by atoms with Crippen molar-refractivity contribution < 1.29 is 38.3 Å². The lowest BCUT2D eigenvalue weighted by Crippen LogP contribution is -2.54. The number of imide groups is 2. The Morgan fingerprint density at radius 1 is 0.900 bits per heavy atom. The topological polar surface area (TPSA) is 211 Å². The quantitative estimate of drug-likeness (QED) is 0.0958. The van der Waals surface area contributed by atoms with Crippen molar-refractivity contribution >= 4 is 52.1 Å². The predicted octanol–water partition coefficient (Wildman–Crippen LogP) is -0.134. The van der Waals surface area contributed by atoms with Gasteiger partial charge in [0.1, 0.15) is 22.9 Å². The van der Waals surface area contributed by atoms with Crippen molar-refractivity contribution in [3.8, 4) is 5.75 Å². The Hall–Kier alpha value is -5.61. The van der Waals surface area contributed by atoms with E-state index in [1.807, 2.05) is 4.90 Å². The summed E-state index contributed by atoms with van der Waals surface area (Å²) in [7, 11) is 0. The summed E-state index contributed by atoms with van der Waals surface area (Å²) in [5, 5.41) is 21.1. The average molecular weight is 688 g/mol. The average Bonchev–Trinajstić information content (AvgIpc) is 3.34. The highest BCUT2D eigenvalue weighted by Crippen LogP contribution is 2.32. The second-order valence-electron chi connectivity index (χ2n) is 12.3. The molecule has 262 valence electrons. The van der Waals surface area contributed by atoms with Crippen LogP contribution in [0.4, 0.5) is 5.69 Å². The van der Waals surface area contributed by atoms with Crippen LogP contribution in [0.2, 0.25) is 0 Å². The number of phenols is 1. The fraction of sp³-hybridized carbons (Fsp3) is 0.382. The Balaban J connectivity index is 0.877. The van der Waals surface area contributed by atoms with Crippen LogP contribution < -0.4 is 26.9 Å². The second-order valence-corrected chi connectivity index (χ2v) is 12.3. The molecule has 4 heterocycles. The predicted molar refractivity (Wildman–Crippen MR) is 179 cm³/mol. The molecule has 0 bridgehead atoms. The lowest BCUT2D eigenvalue weighted by atomic mass is 10.0. The van der Waals surface area contributed by atoms with Gasteiger partial charge < -0.3 is 25.5 Å². The number of amides is 6. The van der Waals surface area contributed by atoms with E-state index in [0.29, 0.717) is 69.9 Å². The van der Waals surface area contributed by atoms with E-state index in [2.05, 4.69) is 26.2 Å². The molecule has 2 saturated heterocycles. The molecule has 6 rings (SSSR count). The summed E-state index contributed by atoms with van der Waals surface area (Å²) in [5.41, 5.74) is 0.230. The summed E-state index contributed by atoms with van der Waals surface area (Å²) < 4.78 is 5.19. The number of nitrogens with zero attached hydrogens (tertiary/aromatic N) is 3. The first-order valence-corrected chi connectivity index (χ1v) is 16.4. The maximum absolute atomic E-state index is 13.2. The first-order valence-electron chi connectivity index (χ1n) is 16.4. The van der Waals surface area contributed by atoms with Crippen molar-refractivity contribution in [2.75, 3.05) is 64.2 Å². The van der Waals surface area contributed by atoms with Crippen molar-refractivity contribution in [2.24, 2.45) is 0 Å². The number of carbonyl (C=O) groups is 6. The molecule has 5 N–H and O–H groups in total. The van der Waals surface area contributed by atoms with Crippen LogP contribution in [0.5, 0.6) is 5.75 Å². The fourth-order valence-electron chi connectivity index (χ4n) is 6.32. The van der Waals surface area contributed by atoms with Gasteiger partial charge in [0.15, 0.2) is 0 Å². The van der Waals surface area contributed by atoms with Crippen LogP contribution in [0, 0.1) is 0 Å². The van der Waals surface area contributed by atoms with Crippen molar-refractivity contribution in [1.29, 1.82) is 0 Å². The molecule has 0 spiro atoms. The lowest BCUT2D eigenvalue weighted by Gasteiger charge is -2.34. The molecular weight excluding hydrogens is 650 g/mol. The molecule has 2 fully saturated rings. The van der Waals surface area contributed by atoms with Crippen molar-refractivity contribution in [1.82, 2.24) is 30.7 Å². The molecule has 1 atom stereocenters. The van der Waals surface area contributed by atoms with Crippen LogP contribution in [0.1, 0.15) is 50.3 Å². The summed E-state index contributed by atoms with van der Waals surface area (Å²) >= 11 is 0. The SMILES string of the molecule is O=C(CN1CCN(CCNC(=O)c2cc3cc(O)ccc3oc2=O)CC1)NCCCNc1cccc2c1C(=O)N(C1CCC(=O)NC1=O)C2=O. The van der Waals surface area contributed by atoms with Crippen LogP contribution >= 0.6 is 0 Å². The molecule has 2 aromatic carbocycles. The van der Waals surface area contributed by atoms with Gasteiger partial charge in [0.25, 0.3) is 17.7 Å². The first-order chi connectivity index (χ1) is 24.1. The minimum Gasteiger partial charge on any atom is -0.508 e. The third-order valence-electron chi connectivity index (χ3n) is 8.97. The summed E-state index contributed by atoms with van der Waals surface area (Å²) in [5.74, 6) is -2.92. The van der Waals surface area contributed by atoms with Gasteiger partial charge in [0.05, 0.1) is 17.7 Å². The van der Waals surface area contributed by atoms with Crippen LogP contribution in [-0.4, -0.2) is 120 Å². The summed E-state index contributed by atoms with van der Waals surface area (Å²) in [6.45, 7) is 4.68. The van der Waals surface area contributed by atoms with Gasteiger partial charge >= 0.3 is 5.63 Å². The zero-order valence-corrected chi connectivity index (χ0v) is 27.2. The number of nitrogens with one attached hydrogen (secondary N) is 4. The van der Waals surface area contributed by atoms with E-state index in [4.69, 9.17) is 4.42 Å². The van der Waals surface area contributed by atoms with E-state index < -0.39 is 41.2 Å². The van der Waals surface area contributed by atoms with E-state index in [0.717, 1.165) is 4.90 Å². The number of aromatic hydroxyl groups is 1. The van der Waals surface area contributed by atoms with Crippen LogP contribution in [0.25, 0.3) is 11.0 Å². The molecule has 0 saturated carbocycles. The van der Waals surface area contributed by atoms with Crippen LogP contribution in [-0.2, 0) is 14.4 Å². The van der Waals surface area contributed by atoms with Crippen molar-refractivity contribution in [2.45, 2.75) is 25.3 Å². The van der Waals surface area contributed by atoms with Crippen molar-refractivity contribution in [3.05, 3.63) is 69.6 Å². The molecule has 16 heteroatoms. The third-order valence-corrected chi connectivity index (χ3v) is 8.97. The van der Waals surface area contributed by atoms with Gasteiger partial charge in [-0.05, 0) is 49.2 Å². The molecule has 6 amide bonds. The molecule has 3 aliphatic heterocycles. The van der Waals surface area contributed by atoms with E-state index >= 15 is 0 Å². The number of rotatable bonds is 12. The highest BCUT2D eigenvalue weighted by Gasteiger charge is 2.45. The molecule has 1 aromatic heterocycles. The Morgan fingerprint density at radius 3 is 2.46 bits per heavy atom. The van der Waals surface area contributed by atoms with Gasteiger partial charge in [-0.3, -0.25) is 48.8 Å². The number of hydrogen-bond donors (Lipinski definition) is 5. The smallest absolute Gasteiger partial charge is 0.349 e.